The summed E-state index contributed by atoms with van der Waals surface area (Å²) in [4.78, 5) is 0.778. The third-order valence-electron chi connectivity index (χ3n) is 2.17. The molecule has 0 bridgehead atoms. The average molecular weight is 227 g/mol. The van der Waals surface area contributed by atoms with Gasteiger partial charge in [0, 0.05) is 10.6 Å². The van der Waals surface area contributed by atoms with Crippen molar-refractivity contribution in [2.75, 3.05) is 24.9 Å². The number of hydrogen-bond donors (Lipinski definition) is 1. The van der Waals surface area contributed by atoms with Crippen LogP contribution in [-0.4, -0.2) is 29.5 Å². The smallest absolute Gasteiger partial charge is 0.147 e. The van der Waals surface area contributed by atoms with E-state index in [0.717, 1.165) is 4.90 Å². The number of nitrogen functional groups attached to an aromatic ring is 1. The number of hydrogen-bond acceptors (Lipinski definition) is 4. The maximum atomic E-state index is 11.8. The molecule has 1 heterocycles. The molecule has 2 atom stereocenters. The number of nitrogens with two attached hydrogens (primary N) is 1. The minimum Gasteiger partial charge on any atom is -0.399 e. The quantitative estimate of drug-likeness (QED) is 0.774. The van der Waals surface area contributed by atoms with Gasteiger partial charge >= 0.3 is 0 Å². The zero-order chi connectivity index (χ0) is 10.7. The van der Waals surface area contributed by atoms with E-state index >= 15 is 0 Å². The lowest BCUT2D eigenvalue weighted by Crippen LogP contribution is -2.18. The van der Waals surface area contributed by atoms with Gasteiger partial charge < -0.3 is 15.2 Å². The molecule has 1 aromatic carbocycles. The van der Waals surface area contributed by atoms with E-state index in [2.05, 4.69) is 0 Å². The fraction of sp³-hybridized carbons (Fsp3) is 0.400. The second-order valence-electron chi connectivity index (χ2n) is 3.36. The van der Waals surface area contributed by atoms with Gasteiger partial charge in [0.25, 0.3) is 0 Å². The van der Waals surface area contributed by atoms with Crippen molar-refractivity contribution in [1.82, 2.24) is 0 Å². The van der Waals surface area contributed by atoms with Gasteiger partial charge in [-0.15, -0.1) is 0 Å². The topological polar surface area (TPSA) is 61.6 Å². The van der Waals surface area contributed by atoms with Crippen LogP contribution in [0.25, 0.3) is 0 Å². The lowest BCUT2D eigenvalue weighted by molar-refractivity contribution is 0.0523. The molecule has 1 aliphatic heterocycles. The Morgan fingerprint density at radius 3 is 2.73 bits per heavy atom. The normalized spacial score (nSPS) is 22.8. The maximum Gasteiger partial charge on any atom is 0.147 e. The molecule has 15 heavy (non-hydrogen) atoms. The molecule has 1 aliphatic rings. The van der Waals surface area contributed by atoms with Crippen molar-refractivity contribution in [2.45, 2.75) is 11.0 Å². The third kappa shape index (κ3) is 2.77. The summed E-state index contributed by atoms with van der Waals surface area (Å²) in [5, 5.41) is 0. The maximum absolute atomic E-state index is 11.8. The van der Waals surface area contributed by atoms with Crippen LogP contribution in [-0.2, 0) is 20.3 Å². The molecule has 1 fully saturated rings. The van der Waals surface area contributed by atoms with Crippen molar-refractivity contribution in [3.8, 4) is 0 Å². The van der Waals surface area contributed by atoms with E-state index in [1.165, 1.54) is 0 Å². The molecule has 1 saturated heterocycles. The van der Waals surface area contributed by atoms with Crippen LogP contribution < -0.4 is 5.73 Å². The van der Waals surface area contributed by atoms with Gasteiger partial charge in [0.15, 0.2) is 0 Å². The van der Waals surface area contributed by atoms with Crippen molar-refractivity contribution in [2.24, 2.45) is 0 Å². The third-order valence-corrected chi connectivity index (χ3v) is 3.64. The molecular formula is C10H13NO3S. The Balaban J connectivity index is 1.98. The van der Waals surface area contributed by atoms with E-state index < -0.39 is 10.8 Å². The summed E-state index contributed by atoms with van der Waals surface area (Å²) >= 11 is 0. The molecular weight excluding hydrogens is 214 g/mol. The predicted molar refractivity (Wildman–Crippen MR) is 57.8 cm³/mol. The predicted octanol–water partition coefficient (Wildman–Crippen LogP) is 0.749. The molecule has 0 aliphatic carbocycles. The van der Waals surface area contributed by atoms with E-state index in [1.807, 2.05) is 0 Å². The molecule has 4 nitrogen and oxygen atoms in total. The van der Waals surface area contributed by atoms with Gasteiger partial charge in [-0.2, -0.15) is 0 Å². The second-order valence-corrected chi connectivity index (χ2v) is 4.85. The van der Waals surface area contributed by atoms with Crippen LogP contribution in [0, 0.1) is 0 Å². The summed E-state index contributed by atoms with van der Waals surface area (Å²) in [6.07, 6.45) is -0.0524. The first-order chi connectivity index (χ1) is 7.25. The van der Waals surface area contributed by atoms with Crippen molar-refractivity contribution in [1.29, 1.82) is 0 Å². The molecule has 5 heteroatoms. The highest BCUT2D eigenvalue weighted by atomic mass is 32.2. The number of rotatable bonds is 3. The zero-order valence-corrected chi connectivity index (χ0v) is 9.03. The SMILES string of the molecule is Nc1ccc(S(=O)CC2COCO2)cc1. The van der Waals surface area contributed by atoms with E-state index in [4.69, 9.17) is 15.2 Å². The van der Waals surface area contributed by atoms with E-state index in [0.29, 0.717) is 24.8 Å². The fourth-order valence-electron chi connectivity index (χ4n) is 1.35. The van der Waals surface area contributed by atoms with Crippen molar-refractivity contribution < 1.29 is 13.7 Å². The minimum atomic E-state index is -1.04. The monoisotopic (exact) mass is 227 g/mol. The Bertz CT molecular complexity index is 346. The Hall–Kier alpha value is -0.910. The van der Waals surface area contributed by atoms with Gasteiger partial charge in [-0.3, -0.25) is 4.21 Å². The number of benzene rings is 1. The molecule has 2 unspecified atom stereocenters. The summed E-state index contributed by atoms with van der Waals surface area (Å²) < 4.78 is 22.1. The molecule has 0 spiro atoms. The lowest BCUT2D eigenvalue weighted by Gasteiger charge is -2.07. The van der Waals surface area contributed by atoms with Crippen LogP contribution in [0.2, 0.25) is 0 Å². The molecule has 1 aromatic rings. The lowest BCUT2D eigenvalue weighted by atomic mass is 10.3. The van der Waals surface area contributed by atoms with Crippen LogP contribution in [0.1, 0.15) is 0 Å². The van der Waals surface area contributed by atoms with Crippen molar-refractivity contribution >= 4 is 16.5 Å². The first kappa shape index (κ1) is 10.6. The van der Waals surface area contributed by atoms with Gasteiger partial charge in [0.2, 0.25) is 0 Å². The van der Waals surface area contributed by atoms with E-state index in [-0.39, 0.29) is 6.10 Å². The molecule has 0 aromatic heterocycles. The van der Waals surface area contributed by atoms with Crippen molar-refractivity contribution in [3.05, 3.63) is 24.3 Å². The second kappa shape index (κ2) is 4.74. The highest BCUT2D eigenvalue weighted by Crippen LogP contribution is 2.13. The van der Waals surface area contributed by atoms with Crippen LogP contribution in [0.3, 0.4) is 0 Å². The van der Waals surface area contributed by atoms with Crippen molar-refractivity contribution in [3.63, 3.8) is 0 Å². The molecule has 2 N–H and O–H groups in total. The molecule has 0 radical (unpaired) electrons. The van der Waals surface area contributed by atoms with E-state index in [1.54, 1.807) is 24.3 Å². The highest BCUT2D eigenvalue weighted by Gasteiger charge is 2.19. The van der Waals surface area contributed by atoms with Crippen LogP contribution in [0.4, 0.5) is 5.69 Å². The summed E-state index contributed by atoms with van der Waals surface area (Å²) in [5.74, 6) is 0.476. The Labute approximate surface area is 90.8 Å². The first-order valence-electron chi connectivity index (χ1n) is 4.69. The molecule has 82 valence electrons. The van der Waals surface area contributed by atoms with E-state index in [9.17, 15) is 4.21 Å². The van der Waals surface area contributed by atoms with Gasteiger partial charge in [0.05, 0.1) is 29.3 Å². The zero-order valence-electron chi connectivity index (χ0n) is 8.22. The van der Waals surface area contributed by atoms with Crippen LogP contribution in [0.15, 0.2) is 29.2 Å². The molecule has 0 amide bonds. The summed E-state index contributed by atoms with van der Waals surface area (Å²) in [7, 11) is -1.04. The Kier molecular flexibility index (Phi) is 3.35. The Morgan fingerprint density at radius 1 is 1.40 bits per heavy atom. The fourth-order valence-corrected chi connectivity index (χ4v) is 2.52. The summed E-state index contributed by atoms with van der Waals surface area (Å²) in [5.41, 5.74) is 6.22. The first-order valence-corrected chi connectivity index (χ1v) is 6.01. The minimum absolute atomic E-state index is 0.0524. The summed E-state index contributed by atoms with van der Waals surface area (Å²) in [6, 6.07) is 7.06. The standard InChI is InChI=1S/C10H13NO3S/c11-8-1-3-10(4-2-8)15(12)6-9-5-13-7-14-9/h1-4,9H,5-7,11H2. The number of anilines is 1. The Morgan fingerprint density at radius 2 is 2.13 bits per heavy atom. The van der Waals surface area contributed by atoms with Gasteiger partial charge in [-0.05, 0) is 24.3 Å². The van der Waals surface area contributed by atoms with Gasteiger partial charge in [-0.25, -0.2) is 0 Å². The van der Waals surface area contributed by atoms with Crippen LogP contribution >= 0.6 is 0 Å². The van der Waals surface area contributed by atoms with Crippen LogP contribution in [0.5, 0.6) is 0 Å². The molecule has 2 rings (SSSR count). The molecule has 0 saturated carbocycles. The summed E-state index contributed by atoms with van der Waals surface area (Å²) in [6.45, 7) is 0.838. The largest absolute Gasteiger partial charge is 0.399 e. The van der Waals surface area contributed by atoms with Gasteiger partial charge in [-0.1, -0.05) is 0 Å². The average Bonchev–Trinajstić information content (AvgIpc) is 2.71. The highest BCUT2D eigenvalue weighted by molar-refractivity contribution is 7.85. The number of ether oxygens (including phenoxy) is 2. The van der Waals surface area contributed by atoms with Gasteiger partial charge in [0.1, 0.15) is 6.79 Å².